The van der Waals surface area contributed by atoms with Crippen LogP contribution in [-0.4, -0.2) is 35.6 Å². The molecule has 2 N–H and O–H groups in total. The van der Waals surface area contributed by atoms with Gasteiger partial charge in [-0.15, -0.1) is 0 Å². The minimum absolute atomic E-state index is 0.212. The van der Waals surface area contributed by atoms with Crippen molar-refractivity contribution in [2.24, 2.45) is 0 Å². The Labute approximate surface area is 263 Å². The van der Waals surface area contributed by atoms with Crippen LogP contribution in [0.25, 0.3) is 0 Å². The van der Waals surface area contributed by atoms with Crippen LogP contribution in [0.15, 0.2) is 48.6 Å². The molecule has 0 amide bonds. The standard InChI is InChI=1S/C39H72O3/c1-3-5-7-9-11-13-15-17-19-21-23-25-27-29-31-33-35-39(38(41)37-40)42-36-34-32-30-28-26-24-22-20-18-16-14-12-10-8-6-4-2/h11-14,17-20,38-41H,3-10,15-16,21-37H2,1-2H3/b13-11-,14-12-,19-17-,20-18-. The maximum absolute atomic E-state index is 10.2. The van der Waals surface area contributed by atoms with Crippen LogP contribution >= 0.6 is 0 Å². The van der Waals surface area contributed by atoms with Crippen LogP contribution < -0.4 is 0 Å². The maximum atomic E-state index is 10.2. The molecule has 0 aliphatic heterocycles. The highest BCUT2D eigenvalue weighted by atomic mass is 16.5. The van der Waals surface area contributed by atoms with E-state index in [1.54, 1.807) is 0 Å². The van der Waals surface area contributed by atoms with E-state index in [-0.39, 0.29) is 12.7 Å². The summed E-state index contributed by atoms with van der Waals surface area (Å²) in [6, 6.07) is 0. The van der Waals surface area contributed by atoms with Gasteiger partial charge in [-0.05, 0) is 77.0 Å². The normalized spacial score (nSPS) is 13.9. The first-order chi connectivity index (χ1) is 20.8. The van der Waals surface area contributed by atoms with Crippen molar-refractivity contribution in [3.63, 3.8) is 0 Å². The van der Waals surface area contributed by atoms with Crippen molar-refractivity contribution in [1.29, 1.82) is 0 Å². The highest BCUT2D eigenvalue weighted by molar-refractivity contribution is 4.93. The van der Waals surface area contributed by atoms with Gasteiger partial charge in [0.1, 0.15) is 6.10 Å². The first-order valence-corrected chi connectivity index (χ1v) is 18.3. The first kappa shape index (κ1) is 40.8. The van der Waals surface area contributed by atoms with E-state index in [1.807, 2.05) is 0 Å². The van der Waals surface area contributed by atoms with Gasteiger partial charge in [-0.2, -0.15) is 0 Å². The molecule has 3 nitrogen and oxygen atoms in total. The Balaban J connectivity index is 3.62. The fourth-order valence-corrected chi connectivity index (χ4v) is 5.16. The van der Waals surface area contributed by atoms with Crippen LogP contribution in [0.2, 0.25) is 0 Å². The SMILES string of the molecule is CCCCC/C=C\C/C=C\CCCCCCCCOC(CCCCCCCC/C=C\C/C=C\CCCCC)C(O)CO. The van der Waals surface area contributed by atoms with E-state index in [0.29, 0.717) is 6.61 Å². The quantitative estimate of drug-likeness (QED) is 0.0592. The Morgan fingerprint density at radius 1 is 0.476 bits per heavy atom. The number of hydrogen-bond donors (Lipinski definition) is 2. The Kier molecular flexibility index (Phi) is 35.0. The molecule has 42 heavy (non-hydrogen) atoms. The number of hydrogen-bond acceptors (Lipinski definition) is 3. The lowest BCUT2D eigenvalue weighted by Crippen LogP contribution is -2.32. The molecule has 0 spiro atoms. The first-order valence-electron chi connectivity index (χ1n) is 18.3. The molecule has 0 fully saturated rings. The predicted octanol–water partition coefficient (Wildman–Crippen LogP) is 11.7. The van der Waals surface area contributed by atoms with Crippen molar-refractivity contribution in [3.8, 4) is 0 Å². The highest BCUT2D eigenvalue weighted by Crippen LogP contribution is 2.15. The average Bonchev–Trinajstić information content (AvgIpc) is 3.00. The van der Waals surface area contributed by atoms with Gasteiger partial charge in [-0.3, -0.25) is 0 Å². The van der Waals surface area contributed by atoms with E-state index in [1.165, 1.54) is 128 Å². The lowest BCUT2D eigenvalue weighted by atomic mass is 10.0. The van der Waals surface area contributed by atoms with Crippen LogP contribution in [0.3, 0.4) is 0 Å². The van der Waals surface area contributed by atoms with Crippen molar-refractivity contribution in [2.75, 3.05) is 13.2 Å². The number of aliphatic hydroxyl groups excluding tert-OH is 2. The summed E-state index contributed by atoms with van der Waals surface area (Å²) in [5, 5.41) is 19.6. The van der Waals surface area contributed by atoms with E-state index in [9.17, 15) is 10.2 Å². The molecule has 0 heterocycles. The second-order valence-corrected chi connectivity index (χ2v) is 12.1. The highest BCUT2D eigenvalue weighted by Gasteiger charge is 2.18. The summed E-state index contributed by atoms with van der Waals surface area (Å²) in [7, 11) is 0. The molecule has 0 rings (SSSR count). The van der Waals surface area contributed by atoms with E-state index < -0.39 is 6.10 Å². The monoisotopic (exact) mass is 589 g/mol. The maximum Gasteiger partial charge on any atom is 0.103 e. The van der Waals surface area contributed by atoms with Gasteiger partial charge in [0.15, 0.2) is 0 Å². The Morgan fingerprint density at radius 3 is 1.29 bits per heavy atom. The lowest BCUT2D eigenvalue weighted by Gasteiger charge is -2.22. The van der Waals surface area contributed by atoms with Gasteiger partial charge in [0.25, 0.3) is 0 Å². The second kappa shape index (κ2) is 36.0. The molecule has 0 aliphatic carbocycles. The molecule has 0 radical (unpaired) electrons. The van der Waals surface area contributed by atoms with Gasteiger partial charge in [0.2, 0.25) is 0 Å². The molecule has 246 valence electrons. The number of rotatable bonds is 33. The second-order valence-electron chi connectivity index (χ2n) is 12.1. The third-order valence-corrected chi connectivity index (χ3v) is 7.98. The molecule has 0 saturated carbocycles. The van der Waals surface area contributed by atoms with Crippen molar-refractivity contribution >= 4 is 0 Å². The fraction of sp³-hybridized carbons (Fsp3) is 0.795. The molecule has 0 aromatic heterocycles. The van der Waals surface area contributed by atoms with Gasteiger partial charge in [0, 0.05) is 6.61 Å². The number of aliphatic hydroxyl groups is 2. The summed E-state index contributed by atoms with van der Waals surface area (Å²) in [6.07, 6.45) is 48.1. The van der Waals surface area contributed by atoms with E-state index in [0.717, 1.165) is 32.1 Å². The summed E-state index contributed by atoms with van der Waals surface area (Å²) in [5.74, 6) is 0. The smallest absolute Gasteiger partial charge is 0.103 e. The van der Waals surface area contributed by atoms with E-state index in [2.05, 4.69) is 62.5 Å². The molecule has 0 aliphatic rings. The van der Waals surface area contributed by atoms with Crippen molar-refractivity contribution in [3.05, 3.63) is 48.6 Å². The summed E-state index contributed by atoms with van der Waals surface area (Å²) < 4.78 is 6.00. The van der Waals surface area contributed by atoms with E-state index in [4.69, 9.17) is 4.74 Å². The third-order valence-electron chi connectivity index (χ3n) is 7.98. The van der Waals surface area contributed by atoms with Crippen molar-refractivity contribution < 1.29 is 14.9 Å². The number of unbranched alkanes of at least 4 members (excludes halogenated alkanes) is 18. The molecule has 2 unspecified atom stereocenters. The summed E-state index contributed by atoms with van der Waals surface area (Å²) in [6.45, 7) is 4.99. The van der Waals surface area contributed by atoms with Gasteiger partial charge in [0.05, 0.1) is 12.7 Å². The van der Waals surface area contributed by atoms with Crippen molar-refractivity contribution in [1.82, 2.24) is 0 Å². The number of ether oxygens (including phenoxy) is 1. The van der Waals surface area contributed by atoms with Crippen LogP contribution in [-0.2, 0) is 4.74 Å². The molecule has 0 aromatic carbocycles. The Morgan fingerprint density at radius 2 is 0.857 bits per heavy atom. The summed E-state index contributed by atoms with van der Waals surface area (Å²) in [5.41, 5.74) is 0. The van der Waals surface area contributed by atoms with Crippen LogP contribution in [0, 0.1) is 0 Å². The van der Waals surface area contributed by atoms with Crippen molar-refractivity contribution in [2.45, 2.75) is 187 Å². The Bertz CT molecular complexity index is 621. The van der Waals surface area contributed by atoms with Gasteiger partial charge in [-0.1, -0.05) is 146 Å². The molecular weight excluding hydrogens is 516 g/mol. The Hall–Kier alpha value is -1.16. The minimum Gasteiger partial charge on any atom is -0.394 e. The zero-order valence-corrected chi connectivity index (χ0v) is 28.2. The predicted molar refractivity (Wildman–Crippen MR) is 186 cm³/mol. The fourth-order valence-electron chi connectivity index (χ4n) is 5.16. The molecular formula is C39H72O3. The average molecular weight is 589 g/mol. The molecule has 0 aromatic rings. The summed E-state index contributed by atoms with van der Waals surface area (Å²) in [4.78, 5) is 0. The van der Waals surface area contributed by atoms with E-state index >= 15 is 0 Å². The van der Waals surface area contributed by atoms with Crippen LogP contribution in [0.4, 0.5) is 0 Å². The van der Waals surface area contributed by atoms with Gasteiger partial charge in [-0.25, -0.2) is 0 Å². The molecule has 3 heteroatoms. The third kappa shape index (κ3) is 31.8. The topological polar surface area (TPSA) is 49.7 Å². The van der Waals surface area contributed by atoms with Gasteiger partial charge >= 0.3 is 0 Å². The largest absolute Gasteiger partial charge is 0.394 e. The zero-order chi connectivity index (χ0) is 30.6. The summed E-state index contributed by atoms with van der Waals surface area (Å²) >= 11 is 0. The minimum atomic E-state index is -0.757. The number of allylic oxidation sites excluding steroid dienone is 8. The lowest BCUT2D eigenvalue weighted by molar-refractivity contribution is -0.0629. The molecule has 0 saturated heterocycles. The molecule has 2 atom stereocenters. The van der Waals surface area contributed by atoms with Crippen LogP contribution in [0.5, 0.6) is 0 Å². The zero-order valence-electron chi connectivity index (χ0n) is 28.2. The van der Waals surface area contributed by atoms with Gasteiger partial charge < -0.3 is 14.9 Å². The van der Waals surface area contributed by atoms with Crippen LogP contribution in [0.1, 0.15) is 174 Å². The molecule has 0 bridgehead atoms.